The van der Waals surface area contributed by atoms with Gasteiger partial charge in [-0.3, -0.25) is 9.59 Å². The van der Waals surface area contributed by atoms with E-state index < -0.39 is 0 Å². The minimum Gasteiger partial charge on any atom is -0.335 e. The molecule has 7 rings (SSSR count). The minimum atomic E-state index is -0.0396. The molecule has 6 heteroatoms. The predicted molar refractivity (Wildman–Crippen MR) is 194 cm³/mol. The fraction of sp³-hybridized carbons (Fsp3) is 0.238. The van der Waals surface area contributed by atoms with Crippen LogP contribution in [0.5, 0.6) is 0 Å². The normalized spacial score (nSPS) is 13.5. The van der Waals surface area contributed by atoms with Crippen molar-refractivity contribution in [2.24, 2.45) is 0 Å². The van der Waals surface area contributed by atoms with Crippen LogP contribution in [0, 0.1) is 0 Å². The fourth-order valence-corrected chi connectivity index (χ4v) is 6.53. The Morgan fingerprint density at radius 1 is 0.521 bits per heavy atom. The Labute approximate surface area is 282 Å². The average Bonchev–Trinajstić information content (AvgIpc) is 3.13. The highest BCUT2D eigenvalue weighted by molar-refractivity contribution is 6.08. The molecular weight excluding hydrogens is 592 g/mol. The van der Waals surface area contributed by atoms with Crippen LogP contribution in [0.4, 0.5) is 0 Å². The summed E-state index contributed by atoms with van der Waals surface area (Å²) >= 11 is 0. The molecule has 1 aliphatic rings. The van der Waals surface area contributed by atoms with Crippen LogP contribution in [-0.2, 0) is 0 Å². The van der Waals surface area contributed by atoms with Gasteiger partial charge in [-0.05, 0) is 47.2 Å². The Hall–Kier alpha value is -5.36. The second-order valence-corrected chi connectivity index (χ2v) is 13.3. The van der Waals surface area contributed by atoms with Crippen molar-refractivity contribution < 1.29 is 9.59 Å². The Balaban J connectivity index is 1.13. The number of nitrogens with zero attached hydrogens (tertiary/aromatic N) is 4. The van der Waals surface area contributed by atoms with Crippen LogP contribution in [0.15, 0.2) is 109 Å². The highest BCUT2D eigenvalue weighted by atomic mass is 16.2. The molecular formula is C42H40N4O2. The number of fused-ring (bicyclic) bond motifs is 2. The molecule has 6 aromatic rings. The molecule has 1 saturated heterocycles. The van der Waals surface area contributed by atoms with Gasteiger partial charge < -0.3 is 9.80 Å². The number of amides is 2. The van der Waals surface area contributed by atoms with Gasteiger partial charge in [0.15, 0.2) is 0 Å². The van der Waals surface area contributed by atoms with Gasteiger partial charge in [0.25, 0.3) is 11.8 Å². The number of carbonyl (C=O) groups excluding carboxylic acids is 2. The maximum atomic E-state index is 14.1. The molecule has 2 aromatic heterocycles. The number of benzene rings is 4. The Morgan fingerprint density at radius 3 is 1.23 bits per heavy atom. The molecule has 0 N–H and O–H groups in total. The summed E-state index contributed by atoms with van der Waals surface area (Å²) in [5, 5.41) is 1.67. The first-order chi connectivity index (χ1) is 23.3. The van der Waals surface area contributed by atoms with Crippen LogP contribution in [0.25, 0.3) is 44.3 Å². The molecule has 0 aliphatic carbocycles. The van der Waals surface area contributed by atoms with Crippen molar-refractivity contribution in [3.63, 3.8) is 0 Å². The maximum Gasteiger partial charge on any atom is 0.254 e. The molecule has 0 atom stereocenters. The number of hydrogen-bond acceptors (Lipinski definition) is 4. The van der Waals surface area contributed by atoms with E-state index >= 15 is 0 Å². The van der Waals surface area contributed by atoms with Crippen molar-refractivity contribution in [2.45, 2.75) is 39.5 Å². The number of piperazine rings is 1. The van der Waals surface area contributed by atoms with E-state index in [1.54, 1.807) is 0 Å². The molecule has 0 radical (unpaired) electrons. The zero-order valence-electron chi connectivity index (χ0n) is 28.0. The Morgan fingerprint density at radius 2 is 0.875 bits per heavy atom. The van der Waals surface area contributed by atoms with Crippen LogP contribution in [-0.4, -0.2) is 57.8 Å². The first-order valence-electron chi connectivity index (χ1n) is 16.9. The largest absolute Gasteiger partial charge is 0.335 e. The summed E-state index contributed by atoms with van der Waals surface area (Å²) in [5.74, 6) is 0.796. The quantitative estimate of drug-likeness (QED) is 0.184. The number of rotatable bonds is 6. The standard InChI is InChI=1S/C42H40N4O2/c1-27(2)29-13-17-31(18-14-29)39-25-35(33-9-5-7-11-37(33)43-39)41(47)45-21-23-46(24-22-45)42(48)36-26-40(44-38-12-8-6-10-34(36)38)32-19-15-30(16-20-32)28(3)4/h5-20,25-28H,21-24H2,1-4H3. The second-order valence-electron chi connectivity index (χ2n) is 13.3. The number of para-hydroxylation sites is 2. The molecule has 3 heterocycles. The first kappa shape index (κ1) is 31.3. The topological polar surface area (TPSA) is 66.4 Å². The molecule has 6 nitrogen and oxygen atoms in total. The third kappa shape index (κ3) is 6.06. The third-order valence-corrected chi connectivity index (χ3v) is 9.49. The predicted octanol–water partition coefficient (Wildman–Crippen LogP) is 8.96. The van der Waals surface area contributed by atoms with E-state index in [0.717, 1.165) is 44.3 Å². The van der Waals surface area contributed by atoms with Crippen LogP contribution in [0.1, 0.15) is 71.4 Å². The molecule has 0 bridgehead atoms. The lowest BCUT2D eigenvalue weighted by molar-refractivity contribution is 0.0537. The van der Waals surface area contributed by atoms with Crippen molar-refractivity contribution in [2.75, 3.05) is 26.2 Å². The van der Waals surface area contributed by atoms with Gasteiger partial charge >= 0.3 is 0 Å². The van der Waals surface area contributed by atoms with Gasteiger partial charge in [0.05, 0.1) is 33.5 Å². The smallest absolute Gasteiger partial charge is 0.254 e. The van der Waals surface area contributed by atoms with Crippen LogP contribution in [0.2, 0.25) is 0 Å². The van der Waals surface area contributed by atoms with Crippen molar-refractivity contribution in [1.82, 2.24) is 19.8 Å². The SMILES string of the molecule is CC(C)c1ccc(-c2cc(C(=O)N3CCN(C(=O)c4cc(-c5ccc(C(C)C)cc5)nc5ccccc45)CC3)c3ccccc3n2)cc1. The summed E-state index contributed by atoms with van der Waals surface area (Å²) in [5.41, 5.74) is 8.90. The highest BCUT2D eigenvalue weighted by Crippen LogP contribution is 2.30. The molecule has 1 aliphatic heterocycles. The second kappa shape index (κ2) is 13.0. The van der Waals surface area contributed by atoms with Gasteiger partial charge in [-0.2, -0.15) is 0 Å². The number of aromatic nitrogens is 2. The highest BCUT2D eigenvalue weighted by Gasteiger charge is 2.28. The summed E-state index contributed by atoms with van der Waals surface area (Å²) in [6.45, 7) is 10.5. The van der Waals surface area contributed by atoms with E-state index in [-0.39, 0.29) is 11.8 Å². The molecule has 2 amide bonds. The van der Waals surface area contributed by atoms with Gasteiger partial charge in [-0.25, -0.2) is 9.97 Å². The van der Waals surface area contributed by atoms with Crippen molar-refractivity contribution in [3.05, 3.63) is 131 Å². The number of pyridine rings is 2. The molecule has 0 unspecified atom stereocenters. The van der Waals surface area contributed by atoms with Gasteiger partial charge in [0.1, 0.15) is 0 Å². The fourth-order valence-electron chi connectivity index (χ4n) is 6.53. The summed E-state index contributed by atoms with van der Waals surface area (Å²) in [6.07, 6.45) is 0. The first-order valence-corrected chi connectivity index (χ1v) is 16.9. The third-order valence-electron chi connectivity index (χ3n) is 9.49. The van der Waals surface area contributed by atoms with Gasteiger partial charge in [-0.1, -0.05) is 113 Å². The molecule has 48 heavy (non-hydrogen) atoms. The maximum absolute atomic E-state index is 14.1. The van der Waals surface area contributed by atoms with Crippen molar-refractivity contribution in [1.29, 1.82) is 0 Å². The van der Waals surface area contributed by atoms with E-state index in [2.05, 4.69) is 76.2 Å². The number of hydrogen-bond donors (Lipinski definition) is 0. The summed E-state index contributed by atoms with van der Waals surface area (Å²) in [4.78, 5) is 41.8. The summed E-state index contributed by atoms with van der Waals surface area (Å²) in [7, 11) is 0. The zero-order chi connectivity index (χ0) is 33.4. The van der Waals surface area contributed by atoms with Crippen LogP contribution >= 0.6 is 0 Å². The summed E-state index contributed by atoms with van der Waals surface area (Å²) in [6, 6.07) is 36.3. The van der Waals surface area contributed by atoms with E-state index in [1.807, 2.05) is 70.5 Å². The lowest BCUT2D eigenvalue weighted by Crippen LogP contribution is -2.50. The van der Waals surface area contributed by atoms with Crippen molar-refractivity contribution in [3.8, 4) is 22.5 Å². The lowest BCUT2D eigenvalue weighted by atomic mass is 9.98. The van der Waals surface area contributed by atoms with Crippen LogP contribution in [0.3, 0.4) is 0 Å². The van der Waals surface area contributed by atoms with Gasteiger partial charge in [-0.15, -0.1) is 0 Å². The minimum absolute atomic E-state index is 0.0396. The van der Waals surface area contributed by atoms with Crippen molar-refractivity contribution >= 4 is 33.6 Å². The van der Waals surface area contributed by atoms with Crippen LogP contribution < -0.4 is 0 Å². The molecule has 4 aromatic carbocycles. The Bertz CT molecular complexity index is 1970. The van der Waals surface area contributed by atoms with E-state index in [0.29, 0.717) is 49.1 Å². The lowest BCUT2D eigenvalue weighted by Gasteiger charge is -2.35. The van der Waals surface area contributed by atoms with E-state index in [1.165, 1.54) is 11.1 Å². The molecule has 0 spiro atoms. The van der Waals surface area contributed by atoms with Gasteiger partial charge in [0, 0.05) is 48.1 Å². The zero-order valence-corrected chi connectivity index (χ0v) is 28.0. The van der Waals surface area contributed by atoms with E-state index in [9.17, 15) is 9.59 Å². The summed E-state index contributed by atoms with van der Waals surface area (Å²) < 4.78 is 0. The monoisotopic (exact) mass is 632 g/mol. The molecule has 0 saturated carbocycles. The van der Waals surface area contributed by atoms with Gasteiger partial charge in [0.2, 0.25) is 0 Å². The Kier molecular flexibility index (Phi) is 8.49. The van der Waals surface area contributed by atoms with E-state index in [4.69, 9.17) is 9.97 Å². The molecule has 1 fully saturated rings. The average molecular weight is 633 g/mol. The number of carbonyl (C=O) groups is 2. The molecule has 240 valence electrons.